The second kappa shape index (κ2) is 6.04. The van der Waals surface area contributed by atoms with Crippen molar-refractivity contribution in [3.05, 3.63) is 27.9 Å². The first-order valence-corrected chi connectivity index (χ1v) is 6.60. The second-order valence-corrected chi connectivity index (χ2v) is 5.02. The first-order chi connectivity index (χ1) is 9.93. The van der Waals surface area contributed by atoms with Crippen molar-refractivity contribution in [1.82, 2.24) is 4.98 Å². The number of aromatic nitrogens is 1. The summed E-state index contributed by atoms with van der Waals surface area (Å²) in [7, 11) is 1.23. The quantitative estimate of drug-likeness (QED) is 0.501. The number of hydrogen-bond acceptors (Lipinski definition) is 7. The third-order valence-corrected chi connectivity index (χ3v) is 3.65. The number of carbonyl (C=O) groups is 1. The number of nitro groups is 1. The maximum Gasteiger partial charge on any atom is 0.356 e. The molecule has 0 amide bonds. The molecule has 1 fully saturated rings. The van der Waals surface area contributed by atoms with Crippen LogP contribution in [-0.4, -0.2) is 47.3 Å². The van der Waals surface area contributed by atoms with Crippen LogP contribution in [0.5, 0.6) is 0 Å². The Morgan fingerprint density at radius 1 is 1.62 bits per heavy atom. The molecule has 2 atom stereocenters. The Morgan fingerprint density at radius 2 is 2.33 bits per heavy atom. The van der Waals surface area contributed by atoms with Crippen molar-refractivity contribution in [3.63, 3.8) is 0 Å². The molecular weight excluding hydrogens is 278 g/mol. The van der Waals surface area contributed by atoms with Gasteiger partial charge in [-0.2, -0.15) is 0 Å². The number of nitrogens with zero attached hydrogens (tertiary/aromatic N) is 3. The standard InChI is InChI=1S/C13H17N3O5/c1-8(17)9-5-6-15(7-9)12-11(16(19)20)4-3-10(14-12)13(18)21-2/h3-4,8-9,17H,5-7H2,1-2H3. The maximum absolute atomic E-state index is 11.5. The third kappa shape index (κ3) is 3.10. The number of rotatable bonds is 4. The number of aliphatic hydroxyl groups excluding tert-OH is 1. The summed E-state index contributed by atoms with van der Waals surface area (Å²) < 4.78 is 4.58. The van der Waals surface area contributed by atoms with Crippen molar-refractivity contribution in [2.75, 3.05) is 25.1 Å². The van der Waals surface area contributed by atoms with E-state index in [0.29, 0.717) is 13.1 Å². The molecule has 1 aliphatic rings. The fourth-order valence-electron chi connectivity index (χ4n) is 2.41. The number of anilines is 1. The van der Waals surface area contributed by atoms with Gasteiger partial charge in [0.1, 0.15) is 0 Å². The Hall–Kier alpha value is -2.22. The van der Waals surface area contributed by atoms with Gasteiger partial charge in [0, 0.05) is 25.1 Å². The molecule has 0 radical (unpaired) electrons. The lowest BCUT2D eigenvalue weighted by atomic mass is 10.0. The Balaban J connectivity index is 2.36. The Bertz CT molecular complexity index is 561. The third-order valence-electron chi connectivity index (χ3n) is 3.65. The van der Waals surface area contributed by atoms with E-state index in [4.69, 9.17) is 0 Å². The Kier molecular flexibility index (Phi) is 4.37. The van der Waals surface area contributed by atoms with E-state index >= 15 is 0 Å². The van der Waals surface area contributed by atoms with Crippen LogP contribution >= 0.6 is 0 Å². The summed E-state index contributed by atoms with van der Waals surface area (Å²) in [6.45, 7) is 2.71. The molecule has 1 aromatic rings. The number of esters is 1. The smallest absolute Gasteiger partial charge is 0.356 e. The van der Waals surface area contributed by atoms with E-state index in [1.807, 2.05) is 0 Å². The van der Waals surface area contributed by atoms with Crippen LogP contribution in [0.2, 0.25) is 0 Å². The first-order valence-electron chi connectivity index (χ1n) is 6.60. The predicted octanol–water partition coefficient (Wildman–Crippen LogP) is 0.983. The lowest BCUT2D eigenvalue weighted by molar-refractivity contribution is -0.384. The van der Waals surface area contributed by atoms with Crippen LogP contribution < -0.4 is 4.90 Å². The molecule has 2 rings (SSSR count). The van der Waals surface area contributed by atoms with Crippen molar-refractivity contribution in [2.45, 2.75) is 19.4 Å². The van der Waals surface area contributed by atoms with Gasteiger partial charge >= 0.3 is 11.7 Å². The van der Waals surface area contributed by atoms with E-state index < -0.39 is 17.0 Å². The van der Waals surface area contributed by atoms with E-state index in [1.54, 1.807) is 11.8 Å². The normalized spacial score (nSPS) is 19.4. The zero-order valence-electron chi connectivity index (χ0n) is 11.9. The van der Waals surface area contributed by atoms with E-state index in [1.165, 1.54) is 19.2 Å². The summed E-state index contributed by atoms with van der Waals surface area (Å²) in [5, 5.41) is 20.7. The van der Waals surface area contributed by atoms with Crippen molar-refractivity contribution in [3.8, 4) is 0 Å². The highest BCUT2D eigenvalue weighted by Gasteiger charge is 2.31. The molecule has 8 nitrogen and oxygen atoms in total. The molecule has 2 heterocycles. The lowest BCUT2D eigenvalue weighted by Gasteiger charge is -2.18. The van der Waals surface area contributed by atoms with E-state index in [2.05, 4.69) is 9.72 Å². The fourth-order valence-corrected chi connectivity index (χ4v) is 2.41. The summed E-state index contributed by atoms with van der Waals surface area (Å²) in [6, 6.07) is 2.53. The van der Waals surface area contributed by atoms with Gasteiger partial charge in [-0.1, -0.05) is 0 Å². The maximum atomic E-state index is 11.5. The highest BCUT2D eigenvalue weighted by Crippen LogP contribution is 2.31. The number of hydrogen-bond donors (Lipinski definition) is 1. The summed E-state index contributed by atoms with van der Waals surface area (Å²) >= 11 is 0. The average molecular weight is 295 g/mol. The molecule has 1 aliphatic heterocycles. The van der Waals surface area contributed by atoms with Crippen LogP contribution in [0.4, 0.5) is 11.5 Å². The molecule has 8 heteroatoms. The molecule has 0 saturated carbocycles. The van der Waals surface area contributed by atoms with Gasteiger partial charge < -0.3 is 14.7 Å². The van der Waals surface area contributed by atoms with Gasteiger partial charge in [-0.3, -0.25) is 10.1 Å². The van der Waals surface area contributed by atoms with Gasteiger partial charge in [0.25, 0.3) is 0 Å². The SMILES string of the molecule is COC(=O)c1ccc([N+](=O)[O-])c(N2CCC(C(C)O)C2)n1. The summed E-state index contributed by atoms with van der Waals surface area (Å²) in [4.78, 5) is 27.9. The van der Waals surface area contributed by atoms with Gasteiger partial charge in [-0.15, -0.1) is 0 Å². The van der Waals surface area contributed by atoms with Crippen LogP contribution in [0.1, 0.15) is 23.8 Å². The van der Waals surface area contributed by atoms with Gasteiger partial charge in [-0.25, -0.2) is 9.78 Å². The molecule has 2 unspecified atom stereocenters. The zero-order chi connectivity index (χ0) is 15.6. The predicted molar refractivity (Wildman–Crippen MR) is 74.2 cm³/mol. The van der Waals surface area contributed by atoms with Crippen LogP contribution in [0.3, 0.4) is 0 Å². The topological polar surface area (TPSA) is 106 Å². The first kappa shape index (κ1) is 15.2. The van der Waals surface area contributed by atoms with Gasteiger partial charge in [0.05, 0.1) is 18.1 Å². The molecule has 1 N–H and O–H groups in total. The Morgan fingerprint density at radius 3 is 2.86 bits per heavy atom. The van der Waals surface area contributed by atoms with Gasteiger partial charge in [0.15, 0.2) is 5.69 Å². The average Bonchev–Trinajstić information content (AvgIpc) is 2.95. The zero-order valence-corrected chi connectivity index (χ0v) is 11.9. The van der Waals surface area contributed by atoms with Crippen LogP contribution in [-0.2, 0) is 4.74 Å². The number of carbonyl (C=O) groups excluding carboxylic acids is 1. The number of aliphatic hydroxyl groups is 1. The van der Waals surface area contributed by atoms with Crippen molar-refractivity contribution < 1.29 is 19.6 Å². The molecule has 0 bridgehead atoms. The van der Waals surface area contributed by atoms with Crippen LogP contribution in [0.15, 0.2) is 12.1 Å². The molecule has 0 aliphatic carbocycles. The number of ether oxygens (including phenoxy) is 1. The molecule has 114 valence electrons. The molecular formula is C13H17N3O5. The minimum atomic E-state index is -0.641. The molecule has 0 spiro atoms. The molecule has 1 aromatic heterocycles. The minimum absolute atomic E-state index is 0.0265. The molecule has 21 heavy (non-hydrogen) atoms. The number of pyridine rings is 1. The lowest BCUT2D eigenvalue weighted by Crippen LogP contribution is -2.26. The van der Waals surface area contributed by atoms with E-state index in [0.717, 1.165) is 6.42 Å². The van der Waals surface area contributed by atoms with Crippen molar-refractivity contribution in [1.29, 1.82) is 0 Å². The number of methoxy groups -OCH3 is 1. The molecule has 1 saturated heterocycles. The van der Waals surface area contributed by atoms with Crippen molar-refractivity contribution in [2.24, 2.45) is 5.92 Å². The summed E-state index contributed by atoms with van der Waals surface area (Å²) in [5.74, 6) is -0.461. The monoisotopic (exact) mass is 295 g/mol. The highest BCUT2D eigenvalue weighted by atomic mass is 16.6. The Labute approximate surface area is 121 Å². The highest BCUT2D eigenvalue weighted by molar-refractivity contribution is 5.88. The van der Waals surface area contributed by atoms with Crippen molar-refractivity contribution >= 4 is 17.5 Å². The largest absolute Gasteiger partial charge is 0.464 e. The summed E-state index contributed by atoms with van der Waals surface area (Å²) in [5.41, 5.74) is -0.132. The van der Waals surface area contributed by atoms with Crippen LogP contribution in [0.25, 0.3) is 0 Å². The minimum Gasteiger partial charge on any atom is -0.464 e. The molecule has 0 aromatic carbocycles. The van der Waals surface area contributed by atoms with E-state index in [-0.39, 0.29) is 23.1 Å². The van der Waals surface area contributed by atoms with Gasteiger partial charge in [-0.05, 0) is 19.4 Å². The van der Waals surface area contributed by atoms with E-state index in [9.17, 15) is 20.0 Å². The second-order valence-electron chi connectivity index (χ2n) is 5.02. The summed E-state index contributed by atoms with van der Waals surface area (Å²) in [6.07, 6.45) is 0.233. The van der Waals surface area contributed by atoms with Crippen LogP contribution in [0, 0.1) is 16.0 Å². The fraction of sp³-hybridized carbons (Fsp3) is 0.538. The van der Waals surface area contributed by atoms with Gasteiger partial charge in [0.2, 0.25) is 5.82 Å².